The molecule has 1 aromatic rings. The minimum Gasteiger partial charge on any atom is -0.356 e. The average molecular weight is 230 g/mol. The molecule has 1 rings (SSSR count). The Kier molecular flexibility index (Phi) is 3.47. The van der Waals surface area contributed by atoms with Gasteiger partial charge in [0.15, 0.2) is 5.82 Å². The molecule has 4 heteroatoms. The minimum atomic E-state index is 0.776. The van der Waals surface area contributed by atoms with Crippen molar-refractivity contribution in [2.45, 2.75) is 13.8 Å². The Bertz CT molecular complexity index is 231. The van der Waals surface area contributed by atoms with Crippen LogP contribution in [0.1, 0.15) is 13.8 Å². The maximum absolute atomic E-state index is 4.05. The fourth-order valence-corrected chi connectivity index (χ4v) is 1.24. The van der Waals surface area contributed by atoms with Crippen LogP contribution in [-0.4, -0.2) is 23.3 Å². The van der Waals surface area contributed by atoms with E-state index in [1.807, 2.05) is 12.1 Å². The van der Waals surface area contributed by atoms with Gasteiger partial charge in [-0.15, -0.1) is 10.2 Å². The van der Waals surface area contributed by atoms with Crippen LogP contribution >= 0.6 is 15.9 Å². The van der Waals surface area contributed by atoms with Crippen LogP contribution in [0, 0.1) is 0 Å². The number of rotatable bonds is 3. The van der Waals surface area contributed by atoms with Gasteiger partial charge in [0.1, 0.15) is 4.60 Å². The van der Waals surface area contributed by atoms with Crippen LogP contribution in [0.4, 0.5) is 5.82 Å². The molecule has 0 fully saturated rings. The number of anilines is 1. The summed E-state index contributed by atoms with van der Waals surface area (Å²) in [5.41, 5.74) is 0. The van der Waals surface area contributed by atoms with Gasteiger partial charge in [0, 0.05) is 13.1 Å². The number of hydrogen-bond acceptors (Lipinski definition) is 3. The van der Waals surface area contributed by atoms with E-state index in [9.17, 15) is 0 Å². The van der Waals surface area contributed by atoms with Crippen molar-refractivity contribution in [2.75, 3.05) is 18.0 Å². The third-order valence-electron chi connectivity index (χ3n) is 1.71. The third-order valence-corrected chi connectivity index (χ3v) is 2.13. The minimum absolute atomic E-state index is 0.776. The summed E-state index contributed by atoms with van der Waals surface area (Å²) in [6.45, 7) is 6.14. The van der Waals surface area contributed by atoms with Crippen LogP contribution in [0.3, 0.4) is 0 Å². The summed E-state index contributed by atoms with van der Waals surface area (Å²) in [5.74, 6) is 0.934. The molecule has 0 unspecified atom stereocenters. The Morgan fingerprint density at radius 1 is 1.25 bits per heavy atom. The van der Waals surface area contributed by atoms with Crippen LogP contribution < -0.4 is 4.90 Å². The Hall–Kier alpha value is -0.640. The summed E-state index contributed by atoms with van der Waals surface area (Å²) in [5, 5.41) is 7.97. The first kappa shape index (κ1) is 9.45. The summed E-state index contributed by atoms with van der Waals surface area (Å²) < 4.78 is 0.776. The predicted octanol–water partition coefficient (Wildman–Crippen LogP) is 2.09. The van der Waals surface area contributed by atoms with Gasteiger partial charge >= 0.3 is 0 Å². The van der Waals surface area contributed by atoms with Crippen molar-refractivity contribution in [3.05, 3.63) is 16.7 Å². The number of nitrogens with zero attached hydrogens (tertiary/aromatic N) is 3. The fraction of sp³-hybridized carbons (Fsp3) is 0.500. The summed E-state index contributed by atoms with van der Waals surface area (Å²) >= 11 is 3.25. The van der Waals surface area contributed by atoms with Crippen molar-refractivity contribution in [1.29, 1.82) is 0 Å². The Morgan fingerprint density at radius 2 is 1.92 bits per heavy atom. The van der Waals surface area contributed by atoms with E-state index < -0.39 is 0 Å². The maximum atomic E-state index is 4.05. The van der Waals surface area contributed by atoms with E-state index in [0.717, 1.165) is 23.5 Å². The van der Waals surface area contributed by atoms with Crippen molar-refractivity contribution >= 4 is 21.7 Å². The molecule has 0 bridgehead atoms. The molecule has 0 N–H and O–H groups in total. The lowest BCUT2D eigenvalue weighted by atomic mass is 10.4. The van der Waals surface area contributed by atoms with Crippen molar-refractivity contribution in [1.82, 2.24) is 10.2 Å². The molecule has 3 nitrogen and oxygen atoms in total. The van der Waals surface area contributed by atoms with Gasteiger partial charge in [0.2, 0.25) is 0 Å². The van der Waals surface area contributed by atoms with Crippen LogP contribution in [0.15, 0.2) is 16.7 Å². The maximum Gasteiger partial charge on any atom is 0.151 e. The first-order valence-electron chi connectivity index (χ1n) is 4.02. The Balaban J connectivity index is 2.80. The van der Waals surface area contributed by atoms with E-state index in [-0.39, 0.29) is 0 Å². The van der Waals surface area contributed by atoms with Gasteiger partial charge in [-0.25, -0.2) is 0 Å². The molecule has 0 radical (unpaired) electrons. The zero-order valence-corrected chi connectivity index (χ0v) is 8.87. The monoisotopic (exact) mass is 229 g/mol. The second-order valence-corrected chi connectivity index (χ2v) is 3.20. The summed E-state index contributed by atoms with van der Waals surface area (Å²) in [6.07, 6.45) is 0. The quantitative estimate of drug-likeness (QED) is 0.796. The number of aromatic nitrogens is 2. The number of halogens is 1. The van der Waals surface area contributed by atoms with Crippen LogP contribution in [0.2, 0.25) is 0 Å². The molecule has 0 saturated carbocycles. The van der Waals surface area contributed by atoms with Crippen molar-refractivity contribution in [3.8, 4) is 0 Å². The third kappa shape index (κ3) is 2.17. The second kappa shape index (κ2) is 4.40. The highest BCUT2D eigenvalue weighted by atomic mass is 79.9. The molecule has 1 aromatic heterocycles. The van der Waals surface area contributed by atoms with Gasteiger partial charge in [0.25, 0.3) is 0 Å². The van der Waals surface area contributed by atoms with Crippen molar-refractivity contribution < 1.29 is 0 Å². The molecule has 66 valence electrons. The topological polar surface area (TPSA) is 29.0 Å². The molecule has 0 saturated heterocycles. The van der Waals surface area contributed by atoms with E-state index in [1.165, 1.54) is 0 Å². The smallest absolute Gasteiger partial charge is 0.151 e. The predicted molar refractivity (Wildman–Crippen MR) is 53.3 cm³/mol. The SMILES string of the molecule is CCN(CC)c1ccc(Br)nn1. The van der Waals surface area contributed by atoms with Crippen molar-refractivity contribution in [3.63, 3.8) is 0 Å². The van der Waals surface area contributed by atoms with Gasteiger partial charge < -0.3 is 4.90 Å². The van der Waals surface area contributed by atoms with Gasteiger partial charge in [-0.2, -0.15) is 0 Å². The highest BCUT2D eigenvalue weighted by Crippen LogP contribution is 2.11. The largest absolute Gasteiger partial charge is 0.356 e. The second-order valence-electron chi connectivity index (χ2n) is 2.39. The molecule has 0 atom stereocenters. The molecule has 0 aromatic carbocycles. The van der Waals surface area contributed by atoms with E-state index in [1.54, 1.807) is 0 Å². The average Bonchev–Trinajstić information content (AvgIpc) is 2.10. The van der Waals surface area contributed by atoms with E-state index in [4.69, 9.17) is 0 Å². The number of hydrogen-bond donors (Lipinski definition) is 0. The first-order chi connectivity index (χ1) is 5.77. The molecule has 0 aliphatic carbocycles. The van der Waals surface area contributed by atoms with E-state index in [2.05, 4.69) is 44.9 Å². The van der Waals surface area contributed by atoms with E-state index in [0.29, 0.717) is 0 Å². The van der Waals surface area contributed by atoms with Gasteiger partial charge in [-0.05, 0) is 41.9 Å². The summed E-state index contributed by atoms with van der Waals surface area (Å²) in [7, 11) is 0. The molecule has 12 heavy (non-hydrogen) atoms. The molecular weight excluding hydrogens is 218 g/mol. The summed E-state index contributed by atoms with van der Waals surface area (Å²) in [4.78, 5) is 2.15. The Labute approximate surface area is 80.9 Å². The lowest BCUT2D eigenvalue weighted by Crippen LogP contribution is -2.23. The van der Waals surface area contributed by atoms with Crippen molar-refractivity contribution in [2.24, 2.45) is 0 Å². The van der Waals surface area contributed by atoms with Crippen LogP contribution in [0.5, 0.6) is 0 Å². The lowest BCUT2D eigenvalue weighted by molar-refractivity contribution is 0.821. The molecule has 0 amide bonds. The molecule has 1 heterocycles. The fourth-order valence-electron chi connectivity index (χ4n) is 1.03. The van der Waals surface area contributed by atoms with Crippen LogP contribution in [0.25, 0.3) is 0 Å². The zero-order chi connectivity index (χ0) is 8.97. The molecule has 0 aliphatic rings. The normalized spacial score (nSPS) is 9.92. The van der Waals surface area contributed by atoms with Crippen LogP contribution in [-0.2, 0) is 0 Å². The van der Waals surface area contributed by atoms with E-state index >= 15 is 0 Å². The standard InChI is InChI=1S/C8H12BrN3/c1-3-12(4-2)8-6-5-7(9)10-11-8/h5-6H,3-4H2,1-2H3. The molecular formula is C8H12BrN3. The van der Waals surface area contributed by atoms with Gasteiger partial charge in [0.05, 0.1) is 0 Å². The Morgan fingerprint density at radius 3 is 2.33 bits per heavy atom. The lowest BCUT2D eigenvalue weighted by Gasteiger charge is -2.18. The first-order valence-corrected chi connectivity index (χ1v) is 4.81. The zero-order valence-electron chi connectivity index (χ0n) is 7.29. The molecule has 0 aliphatic heterocycles. The van der Waals surface area contributed by atoms with Gasteiger partial charge in [-0.3, -0.25) is 0 Å². The highest BCUT2D eigenvalue weighted by Gasteiger charge is 2.02. The highest BCUT2D eigenvalue weighted by molar-refractivity contribution is 9.10. The molecule has 0 spiro atoms. The van der Waals surface area contributed by atoms with Gasteiger partial charge in [-0.1, -0.05) is 0 Å². The summed E-state index contributed by atoms with van der Waals surface area (Å²) in [6, 6.07) is 3.87.